The van der Waals surface area contributed by atoms with Crippen LogP contribution < -0.4 is 5.32 Å². The first-order valence-corrected chi connectivity index (χ1v) is 7.78. The van der Waals surface area contributed by atoms with Gasteiger partial charge < -0.3 is 5.32 Å². The van der Waals surface area contributed by atoms with Crippen molar-refractivity contribution in [2.45, 2.75) is 32.0 Å². The Morgan fingerprint density at radius 3 is 2.43 bits per heavy atom. The number of benzene rings is 1. The summed E-state index contributed by atoms with van der Waals surface area (Å²) in [5.41, 5.74) is 1.19. The summed E-state index contributed by atoms with van der Waals surface area (Å²) in [6.07, 6.45) is -3.98. The van der Waals surface area contributed by atoms with Crippen molar-refractivity contribution < 1.29 is 13.2 Å². The summed E-state index contributed by atoms with van der Waals surface area (Å²) in [5.74, 6) is 0. The van der Waals surface area contributed by atoms with Crippen molar-refractivity contribution >= 4 is 11.3 Å². The maximum absolute atomic E-state index is 12.0. The molecule has 21 heavy (non-hydrogen) atoms. The van der Waals surface area contributed by atoms with E-state index in [1.54, 1.807) is 11.3 Å². The third kappa shape index (κ3) is 5.89. The number of hydrogen-bond donors (Lipinski definition) is 1. The molecule has 1 heterocycles. The molecule has 0 amide bonds. The summed E-state index contributed by atoms with van der Waals surface area (Å²) in [6.45, 7) is 1.33. The van der Waals surface area contributed by atoms with Gasteiger partial charge in [0.15, 0.2) is 0 Å². The van der Waals surface area contributed by atoms with Crippen LogP contribution in [0.15, 0.2) is 42.5 Å². The highest BCUT2D eigenvalue weighted by Gasteiger charge is 2.25. The van der Waals surface area contributed by atoms with Crippen molar-refractivity contribution in [3.8, 4) is 10.4 Å². The molecule has 1 nitrogen and oxygen atoms in total. The van der Waals surface area contributed by atoms with Crippen molar-refractivity contribution in [1.29, 1.82) is 0 Å². The largest absolute Gasteiger partial charge is 0.389 e. The molecule has 2 rings (SSSR count). The molecule has 0 atom stereocenters. The Balaban J connectivity index is 1.69. The second kappa shape index (κ2) is 7.61. The second-order valence-electron chi connectivity index (χ2n) is 4.88. The maximum Gasteiger partial charge on any atom is 0.389 e. The SMILES string of the molecule is FC(F)(F)CCCCNCc1ccc(-c2ccccc2)s1. The molecule has 0 aliphatic rings. The minimum atomic E-state index is -4.03. The topological polar surface area (TPSA) is 12.0 Å². The first-order valence-electron chi connectivity index (χ1n) is 6.96. The van der Waals surface area contributed by atoms with E-state index in [4.69, 9.17) is 0 Å². The Bertz CT molecular complexity index is 534. The molecular weight excluding hydrogens is 295 g/mol. The monoisotopic (exact) mass is 313 g/mol. The Morgan fingerprint density at radius 2 is 1.71 bits per heavy atom. The van der Waals surface area contributed by atoms with Crippen LogP contribution in [0.4, 0.5) is 13.2 Å². The number of hydrogen-bond acceptors (Lipinski definition) is 2. The van der Waals surface area contributed by atoms with Crippen molar-refractivity contribution in [3.05, 3.63) is 47.3 Å². The summed E-state index contributed by atoms with van der Waals surface area (Å²) in [4.78, 5) is 2.41. The predicted molar refractivity (Wildman–Crippen MR) is 81.4 cm³/mol. The highest BCUT2D eigenvalue weighted by molar-refractivity contribution is 7.15. The summed E-state index contributed by atoms with van der Waals surface area (Å²) in [6, 6.07) is 14.3. The van der Waals surface area contributed by atoms with Gasteiger partial charge in [-0.1, -0.05) is 30.3 Å². The average molecular weight is 313 g/mol. The standard InChI is InChI=1S/C16H18F3NS/c17-16(18,19)10-4-5-11-20-12-14-8-9-15(21-14)13-6-2-1-3-7-13/h1-3,6-9,20H,4-5,10-12H2. The van der Waals surface area contributed by atoms with Gasteiger partial charge in [0.1, 0.15) is 0 Å². The van der Waals surface area contributed by atoms with Crippen molar-refractivity contribution in [2.24, 2.45) is 0 Å². The number of unbranched alkanes of at least 4 members (excludes halogenated alkanes) is 1. The highest BCUT2D eigenvalue weighted by atomic mass is 32.1. The number of halogens is 3. The molecule has 0 saturated heterocycles. The Kier molecular flexibility index (Phi) is 5.82. The molecule has 0 unspecified atom stereocenters. The van der Waals surface area contributed by atoms with E-state index in [9.17, 15) is 13.2 Å². The van der Waals surface area contributed by atoms with Gasteiger partial charge >= 0.3 is 6.18 Å². The van der Waals surface area contributed by atoms with Crippen LogP contribution in [0.1, 0.15) is 24.1 Å². The molecule has 0 spiro atoms. The molecule has 1 N–H and O–H groups in total. The zero-order valence-corrected chi connectivity index (χ0v) is 12.4. The zero-order valence-electron chi connectivity index (χ0n) is 11.6. The van der Waals surface area contributed by atoms with Crippen LogP contribution >= 0.6 is 11.3 Å². The van der Waals surface area contributed by atoms with Crippen molar-refractivity contribution in [2.75, 3.05) is 6.54 Å². The number of alkyl halides is 3. The predicted octanol–water partition coefficient (Wildman–Crippen LogP) is 5.24. The lowest BCUT2D eigenvalue weighted by Gasteiger charge is -2.06. The second-order valence-corrected chi connectivity index (χ2v) is 6.05. The van der Waals surface area contributed by atoms with E-state index in [-0.39, 0.29) is 6.42 Å². The van der Waals surface area contributed by atoms with E-state index in [0.717, 1.165) is 0 Å². The first kappa shape index (κ1) is 16.0. The minimum Gasteiger partial charge on any atom is -0.312 e. The van der Waals surface area contributed by atoms with E-state index in [0.29, 0.717) is 19.5 Å². The van der Waals surface area contributed by atoms with Crippen LogP contribution in [0.5, 0.6) is 0 Å². The van der Waals surface area contributed by atoms with E-state index in [2.05, 4.69) is 29.6 Å². The van der Waals surface area contributed by atoms with Gasteiger partial charge in [0.2, 0.25) is 0 Å². The lowest BCUT2D eigenvalue weighted by Crippen LogP contribution is -2.15. The van der Waals surface area contributed by atoms with Crippen LogP contribution in [0.25, 0.3) is 10.4 Å². The van der Waals surface area contributed by atoms with Gasteiger partial charge in [0.25, 0.3) is 0 Å². The maximum atomic E-state index is 12.0. The quantitative estimate of drug-likeness (QED) is 0.690. The molecule has 114 valence electrons. The third-order valence-electron chi connectivity index (χ3n) is 3.08. The van der Waals surface area contributed by atoms with Gasteiger partial charge in [-0.3, -0.25) is 0 Å². The number of rotatable bonds is 7. The molecule has 0 bridgehead atoms. The number of nitrogens with one attached hydrogen (secondary N) is 1. The average Bonchev–Trinajstić information content (AvgIpc) is 2.91. The van der Waals surface area contributed by atoms with Gasteiger partial charge in [-0.05, 0) is 37.1 Å². The Hall–Kier alpha value is -1.33. The lowest BCUT2D eigenvalue weighted by molar-refractivity contribution is -0.135. The van der Waals surface area contributed by atoms with Crippen molar-refractivity contribution in [3.63, 3.8) is 0 Å². The normalized spacial score (nSPS) is 11.8. The summed E-state index contributed by atoms with van der Waals surface area (Å²) in [5, 5.41) is 3.20. The van der Waals surface area contributed by atoms with Gasteiger partial charge in [-0.15, -0.1) is 11.3 Å². The molecule has 5 heteroatoms. The van der Waals surface area contributed by atoms with Crippen LogP contribution in [0.2, 0.25) is 0 Å². The van der Waals surface area contributed by atoms with Gasteiger partial charge in [-0.2, -0.15) is 13.2 Å². The van der Waals surface area contributed by atoms with E-state index >= 15 is 0 Å². The Labute approximate surface area is 126 Å². The lowest BCUT2D eigenvalue weighted by atomic mass is 10.2. The van der Waals surface area contributed by atoms with Crippen LogP contribution in [-0.2, 0) is 6.54 Å². The molecule has 0 aliphatic carbocycles. The minimum absolute atomic E-state index is 0.191. The van der Waals surface area contributed by atoms with Gasteiger partial charge in [-0.25, -0.2) is 0 Å². The smallest absolute Gasteiger partial charge is 0.312 e. The van der Waals surface area contributed by atoms with E-state index in [1.807, 2.05) is 18.2 Å². The molecule has 2 aromatic rings. The summed E-state index contributed by atoms with van der Waals surface area (Å²) in [7, 11) is 0. The van der Waals surface area contributed by atoms with E-state index < -0.39 is 12.6 Å². The van der Waals surface area contributed by atoms with Crippen LogP contribution in [0.3, 0.4) is 0 Å². The third-order valence-corrected chi connectivity index (χ3v) is 4.22. The molecule has 0 radical (unpaired) electrons. The highest BCUT2D eigenvalue weighted by Crippen LogP contribution is 2.27. The Morgan fingerprint density at radius 1 is 0.952 bits per heavy atom. The zero-order chi connectivity index (χ0) is 15.1. The van der Waals surface area contributed by atoms with Gasteiger partial charge in [0, 0.05) is 22.7 Å². The fourth-order valence-corrected chi connectivity index (χ4v) is 3.00. The fraction of sp³-hybridized carbons (Fsp3) is 0.375. The molecule has 1 aromatic heterocycles. The van der Waals surface area contributed by atoms with Crippen LogP contribution in [-0.4, -0.2) is 12.7 Å². The first-order chi connectivity index (χ1) is 10.0. The number of thiophene rings is 1. The van der Waals surface area contributed by atoms with Gasteiger partial charge in [0.05, 0.1) is 0 Å². The molecule has 0 fully saturated rings. The summed E-state index contributed by atoms with van der Waals surface area (Å²) >= 11 is 1.71. The molecule has 0 saturated carbocycles. The molecular formula is C16H18F3NS. The van der Waals surface area contributed by atoms with E-state index in [1.165, 1.54) is 15.3 Å². The fourth-order valence-electron chi connectivity index (χ4n) is 2.02. The summed E-state index contributed by atoms with van der Waals surface area (Å²) < 4.78 is 35.9. The van der Waals surface area contributed by atoms with Crippen LogP contribution in [0, 0.1) is 0 Å². The van der Waals surface area contributed by atoms with Crippen molar-refractivity contribution in [1.82, 2.24) is 5.32 Å². The molecule has 0 aliphatic heterocycles. The molecule has 1 aromatic carbocycles.